The summed E-state index contributed by atoms with van der Waals surface area (Å²) in [6.07, 6.45) is 1.17. The van der Waals surface area contributed by atoms with Gasteiger partial charge in [0, 0.05) is 0 Å². The summed E-state index contributed by atoms with van der Waals surface area (Å²) in [5.41, 5.74) is 2.14. The van der Waals surface area contributed by atoms with Crippen molar-refractivity contribution in [1.29, 1.82) is 0 Å². The highest BCUT2D eigenvalue weighted by molar-refractivity contribution is 8.18. The van der Waals surface area contributed by atoms with Crippen molar-refractivity contribution >= 4 is 23.5 Å². The van der Waals surface area contributed by atoms with Crippen LogP contribution in [0, 0.1) is 11.6 Å². The Bertz CT molecular complexity index is 525. The third-order valence-electron chi connectivity index (χ3n) is 3.35. The summed E-state index contributed by atoms with van der Waals surface area (Å²) in [7, 11) is 0. The zero-order valence-electron chi connectivity index (χ0n) is 10.8. The highest BCUT2D eigenvalue weighted by Crippen LogP contribution is 2.54. The molecule has 0 spiro atoms. The van der Waals surface area contributed by atoms with Crippen molar-refractivity contribution in [2.45, 2.75) is 10.5 Å². The van der Waals surface area contributed by atoms with Gasteiger partial charge in [0.1, 0.15) is 15.7 Å². The lowest BCUT2D eigenvalue weighted by molar-refractivity contribution is 0.626. The molecule has 1 aliphatic rings. The lowest BCUT2D eigenvalue weighted by atomic mass is 10.0. The molecule has 4 heteroatoms. The van der Waals surface area contributed by atoms with Gasteiger partial charge in [-0.15, -0.1) is 23.5 Å². The van der Waals surface area contributed by atoms with Crippen LogP contribution in [0.2, 0.25) is 0 Å². The van der Waals surface area contributed by atoms with E-state index in [0.29, 0.717) is 0 Å². The highest BCUT2D eigenvalue weighted by Gasteiger charge is 2.37. The lowest BCUT2D eigenvalue weighted by Gasteiger charge is -2.37. The zero-order chi connectivity index (χ0) is 14.0. The van der Waals surface area contributed by atoms with Crippen molar-refractivity contribution in [3.8, 4) is 0 Å². The predicted molar refractivity (Wildman–Crippen MR) is 83.1 cm³/mol. The van der Waals surface area contributed by atoms with Gasteiger partial charge in [0.25, 0.3) is 0 Å². The van der Waals surface area contributed by atoms with Gasteiger partial charge in [-0.05, 0) is 53.3 Å². The number of hydrogen-bond acceptors (Lipinski definition) is 2. The molecule has 0 bridgehead atoms. The van der Waals surface area contributed by atoms with Gasteiger partial charge in [0.2, 0.25) is 0 Å². The first-order valence-electron chi connectivity index (χ1n) is 6.51. The molecule has 0 radical (unpaired) electrons. The molecule has 1 fully saturated rings. The number of hydrogen-bond donors (Lipinski definition) is 0. The topological polar surface area (TPSA) is 0 Å². The Balaban J connectivity index is 2.08. The normalized spacial score (nSPS) is 17.9. The SMILES string of the molecule is Fc1ccc(C2(c3ccc(F)cc3)SCCCS2)cc1. The molecule has 20 heavy (non-hydrogen) atoms. The molecule has 0 aliphatic carbocycles. The third kappa shape index (κ3) is 2.59. The van der Waals surface area contributed by atoms with E-state index in [9.17, 15) is 8.78 Å². The van der Waals surface area contributed by atoms with Gasteiger partial charge in [-0.3, -0.25) is 0 Å². The average molecular weight is 308 g/mol. The van der Waals surface area contributed by atoms with E-state index in [1.165, 1.54) is 30.7 Å². The molecule has 1 aliphatic heterocycles. The van der Waals surface area contributed by atoms with Crippen LogP contribution >= 0.6 is 23.5 Å². The van der Waals surface area contributed by atoms with E-state index < -0.39 is 0 Å². The van der Waals surface area contributed by atoms with E-state index in [1.54, 1.807) is 0 Å². The zero-order valence-corrected chi connectivity index (χ0v) is 12.4. The van der Waals surface area contributed by atoms with Crippen LogP contribution in [0.4, 0.5) is 8.78 Å². The smallest absolute Gasteiger partial charge is 0.123 e. The Morgan fingerprint density at radius 1 is 0.700 bits per heavy atom. The Morgan fingerprint density at radius 3 is 1.50 bits per heavy atom. The Labute approximate surface area is 126 Å². The van der Waals surface area contributed by atoms with E-state index in [-0.39, 0.29) is 15.7 Å². The number of thioether (sulfide) groups is 2. The maximum absolute atomic E-state index is 13.2. The lowest BCUT2D eigenvalue weighted by Crippen LogP contribution is -2.24. The molecule has 1 saturated heterocycles. The first-order chi connectivity index (χ1) is 9.71. The van der Waals surface area contributed by atoms with Crippen molar-refractivity contribution in [3.63, 3.8) is 0 Å². The number of rotatable bonds is 2. The maximum Gasteiger partial charge on any atom is 0.123 e. The van der Waals surface area contributed by atoms with Crippen molar-refractivity contribution < 1.29 is 8.78 Å². The van der Waals surface area contributed by atoms with Crippen LogP contribution in [-0.4, -0.2) is 11.5 Å². The summed E-state index contributed by atoms with van der Waals surface area (Å²) in [6.45, 7) is 0. The Kier molecular flexibility index (Phi) is 4.03. The van der Waals surface area contributed by atoms with Gasteiger partial charge in [-0.1, -0.05) is 24.3 Å². The van der Waals surface area contributed by atoms with E-state index in [1.807, 2.05) is 47.8 Å². The first-order valence-corrected chi connectivity index (χ1v) is 8.48. The van der Waals surface area contributed by atoms with Gasteiger partial charge in [-0.25, -0.2) is 8.78 Å². The van der Waals surface area contributed by atoms with Crippen molar-refractivity contribution in [2.75, 3.05) is 11.5 Å². The molecule has 0 saturated carbocycles. The van der Waals surface area contributed by atoms with E-state index in [4.69, 9.17) is 0 Å². The van der Waals surface area contributed by atoms with Crippen LogP contribution in [0.15, 0.2) is 48.5 Å². The molecule has 0 unspecified atom stereocenters. The Morgan fingerprint density at radius 2 is 1.10 bits per heavy atom. The van der Waals surface area contributed by atoms with Crippen molar-refractivity contribution in [2.24, 2.45) is 0 Å². The summed E-state index contributed by atoms with van der Waals surface area (Å²) in [4.78, 5) is 0. The van der Waals surface area contributed by atoms with E-state index in [0.717, 1.165) is 22.6 Å². The number of halogens is 2. The fraction of sp³-hybridized carbons (Fsp3) is 0.250. The van der Waals surface area contributed by atoms with Gasteiger partial charge in [0.05, 0.1) is 0 Å². The molecule has 0 N–H and O–H groups in total. The average Bonchev–Trinajstić information content (AvgIpc) is 2.49. The largest absolute Gasteiger partial charge is 0.207 e. The molecule has 3 rings (SSSR count). The number of benzene rings is 2. The van der Waals surface area contributed by atoms with Crippen LogP contribution in [0.3, 0.4) is 0 Å². The molecule has 0 aromatic heterocycles. The molecule has 1 heterocycles. The summed E-state index contributed by atoms with van der Waals surface area (Å²) in [5, 5.41) is 0. The molecule has 104 valence electrons. The molecule has 2 aromatic carbocycles. The minimum atomic E-state index is -0.250. The molecular formula is C16H14F2S2. The quantitative estimate of drug-likeness (QED) is 0.762. The molecular weight excluding hydrogens is 294 g/mol. The van der Waals surface area contributed by atoms with Crippen LogP contribution in [0.5, 0.6) is 0 Å². The van der Waals surface area contributed by atoms with E-state index in [2.05, 4.69) is 0 Å². The fourth-order valence-corrected chi connectivity index (χ4v) is 5.75. The fourth-order valence-electron chi connectivity index (χ4n) is 2.37. The Hall–Kier alpha value is -1.000. The van der Waals surface area contributed by atoms with Gasteiger partial charge >= 0.3 is 0 Å². The minimum Gasteiger partial charge on any atom is -0.207 e. The molecule has 0 amide bonds. The minimum absolute atomic E-state index is 0.228. The monoisotopic (exact) mass is 308 g/mol. The summed E-state index contributed by atoms with van der Waals surface area (Å²) < 4.78 is 26.1. The third-order valence-corrected chi connectivity index (χ3v) is 6.80. The van der Waals surface area contributed by atoms with Gasteiger partial charge < -0.3 is 0 Å². The summed E-state index contributed by atoms with van der Waals surface area (Å²) >= 11 is 3.69. The van der Waals surface area contributed by atoms with Crippen molar-refractivity contribution in [1.82, 2.24) is 0 Å². The second kappa shape index (κ2) is 5.78. The second-order valence-electron chi connectivity index (χ2n) is 4.68. The molecule has 0 nitrogen and oxygen atoms in total. The highest BCUT2D eigenvalue weighted by atomic mass is 32.2. The molecule has 0 atom stereocenters. The van der Waals surface area contributed by atoms with Gasteiger partial charge in [0.15, 0.2) is 0 Å². The van der Waals surface area contributed by atoms with Crippen LogP contribution in [0.25, 0.3) is 0 Å². The van der Waals surface area contributed by atoms with Crippen LogP contribution in [0.1, 0.15) is 17.5 Å². The summed E-state index contributed by atoms with van der Waals surface area (Å²) in [6, 6.07) is 13.3. The summed E-state index contributed by atoms with van der Waals surface area (Å²) in [5.74, 6) is 1.66. The second-order valence-corrected chi connectivity index (χ2v) is 7.56. The van der Waals surface area contributed by atoms with Crippen LogP contribution < -0.4 is 0 Å². The van der Waals surface area contributed by atoms with Gasteiger partial charge in [-0.2, -0.15) is 0 Å². The predicted octanol–water partition coefficient (Wildman–Crippen LogP) is 5.04. The van der Waals surface area contributed by atoms with Crippen molar-refractivity contribution in [3.05, 3.63) is 71.3 Å². The first kappa shape index (κ1) is 14.0. The standard InChI is InChI=1S/C16H14F2S2/c17-14-6-2-12(3-7-14)16(19-10-1-11-20-16)13-4-8-15(18)9-5-13/h2-9H,1,10-11H2. The van der Waals surface area contributed by atoms with Crippen LogP contribution in [-0.2, 0) is 4.08 Å². The van der Waals surface area contributed by atoms with E-state index >= 15 is 0 Å². The maximum atomic E-state index is 13.2. The molecule has 2 aromatic rings.